The molecule has 0 saturated carbocycles. The van der Waals surface area contributed by atoms with E-state index in [4.69, 9.17) is 0 Å². The van der Waals surface area contributed by atoms with E-state index < -0.39 is 0 Å². The van der Waals surface area contributed by atoms with Crippen molar-refractivity contribution in [2.45, 2.75) is 26.3 Å². The number of aromatic nitrogens is 2. The van der Waals surface area contributed by atoms with Gasteiger partial charge in [-0.05, 0) is 38.0 Å². The van der Waals surface area contributed by atoms with Crippen molar-refractivity contribution < 1.29 is 0 Å². The van der Waals surface area contributed by atoms with Gasteiger partial charge in [0.05, 0.1) is 0 Å². The van der Waals surface area contributed by atoms with Gasteiger partial charge in [-0.3, -0.25) is 9.67 Å². The molecule has 0 amide bonds. The van der Waals surface area contributed by atoms with Crippen molar-refractivity contribution in [1.29, 1.82) is 0 Å². The number of nitrogens with zero attached hydrogens (tertiary/aromatic N) is 3. The number of halogens is 1. The average molecular weight is 456 g/mol. The van der Waals surface area contributed by atoms with Crippen LogP contribution in [0.3, 0.4) is 0 Å². The van der Waals surface area contributed by atoms with E-state index in [0.29, 0.717) is 0 Å². The van der Waals surface area contributed by atoms with Crippen LogP contribution < -0.4 is 16.0 Å². The summed E-state index contributed by atoms with van der Waals surface area (Å²) in [6.45, 7) is 6.47. The van der Waals surface area contributed by atoms with Crippen LogP contribution in [0, 0.1) is 0 Å². The molecule has 7 heteroatoms. The van der Waals surface area contributed by atoms with Crippen molar-refractivity contribution in [1.82, 2.24) is 20.4 Å². The minimum atomic E-state index is 0. The van der Waals surface area contributed by atoms with Gasteiger partial charge in [0.15, 0.2) is 5.96 Å². The largest absolute Gasteiger partial charge is 0.385 e. The van der Waals surface area contributed by atoms with Crippen LogP contribution in [-0.2, 0) is 6.54 Å². The first-order valence-electron chi connectivity index (χ1n) is 8.67. The van der Waals surface area contributed by atoms with E-state index in [0.717, 1.165) is 57.2 Å². The zero-order valence-corrected chi connectivity index (χ0v) is 17.1. The number of anilines is 1. The van der Waals surface area contributed by atoms with Gasteiger partial charge in [0.25, 0.3) is 0 Å². The number of guanidine groups is 1. The summed E-state index contributed by atoms with van der Waals surface area (Å²) in [5.41, 5.74) is 1.16. The van der Waals surface area contributed by atoms with E-state index in [-0.39, 0.29) is 24.0 Å². The topological polar surface area (TPSA) is 66.3 Å². The molecule has 2 rings (SSSR count). The lowest BCUT2D eigenvalue weighted by Crippen LogP contribution is -2.38. The molecule has 0 saturated heterocycles. The normalized spacial score (nSPS) is 10.8. The van der Waals surface area contributed by atoms with Gasteiger partial charge in [0.2, 0.25) is 0 Å². The monoisotopic (exact) mass is 456 g/mol. The quantitative estimate of drug-likeness (QED) is 0.223. The fourth-order valence-corrected chi connectivity index (χ4v) is 2.28. The molecule has 1 aromatic carbocycles. The van der Waals surface area contributed by atoms with Gasteiger partial charge in [-0.15, -0.1) is 24.0 Å². The molecule has 0 bridgehead atoms. The second-order valence-corrected chi connectivity index (χ2v) is 5.46. The highest BCUT2D eigenvalue weighted by molar-refractivity contribution is 14.0. The van der Waals surface area contributed by atoms with Crippen LogP contribution in [0.15, 0.2) is 53.8 Å². The molecule has 1 aromatic heterocycles. The molecule has 0 aliphatic heterocycles. The van der Waals surface area contributed by atoms with Crippen molar-refractivity contribution >= 4 is 35.6 Å². The fourth-order valence-electron chi connectivity index (χ4n) is 2.28. The molecule has 0 aliphatic carbocycles. The Bertz CT molecular complexity index is 571. The van der Waals surface area contributed by atoms with Gasteiger partial charge in [0, 0.05) is 50.8 Å². The van der Waals surface area contributed by atoms with E-state index in [2.05, 4.69) is 45.1 Å². The maximum Gasteiger partial charge on any atom is 0.191 e. The van der Waals surface area contributed by atoms with Crippen LogP contribution >= 0.6 is 24.0 Å². The first-order chi connectivity index (χ1) is 11.9. The third-order valence-electron chi connectivity index (χ3n) is 3.47. The number of rotatable bonds is 10. The molecule has 0 fully saturated rings. The standard InChI is InChI=1S/C18H28N6.HI/c1-2-19-18(22-13-7-15-24-16-8-14-23-24)21-12-6-11-20-17-9-4-3-5-10-17;/h3-5,8-10,14,16,20H,2,6-7,11-13,15H2,1H3,(H2,19,21,22);1H. The summed E-state index contributed by atoms with van der Waals surface area (Å²) in [5.74, 6) is 0.887. The highest BCUT2D eigenvalue weighted by Gasteiger charge is 1.97. The number of aryl methyl sites for hydroxylation is 1. The summed E-state index contributed by atoms with van der Waals surface area (Å²) >= 11 is 0. The van der Waals surface area contributed by atoms with Gasteiger partial charge in [0.1, 0.15) is 0 Å². The molecule has 0 aliphatic rings. The number of para-hydroxylation sites is 1. The minimum Gasteiger partial charge on any atom is -0.385 e. The number of hydrogen-bond acceptors (Lipinski definition) is 3. The Morgan fingerprint density at radius 3 is 2.64 bits per heavy atom. The van der Waals surface area contributed by atoms with Crippen molar-refractivity contribution in [3.8, 4) is 0 Å². The van der Waals surface area contributed by atoms with Crippen LogP contribution in [0.25, 0.3) is 0 Å². The van der Waals surface area contributed by atoms with Crippen molar-refractivity contribution in [2.24, 2.45) is 4.99 Å². The van der Waals surface area contributed by atoms with E-state index in [1.807, 2.05) is 35.1 Å². The predicted octanol–water partition coefficient (Wildman–Crippen LogP) is 2.95. The lowest BCUT2D eigenvalue weighted by Gasteiger charge is -2.12. The molecule has 0 spiro atoms. The van der Waals surface area contributed by atoms with Gasteiger partial charge in [-0.25, -0.2) is 0 Å². The molecule has 25 heavy (non-hydrogen) atoms. The van der Waals surface area contributed by atoms with Crippen LogP contribution in [-0.4, -0.2) is 41.9 Å². The molecular formula is C18H29IN6. The molecule has 3 N–H and O–H groups in total. The Morgan fingerprint density at radius 2 is 1.92 bits per heavy atom. The lowest BCUT2D eigenvalue weighted by molar-refractivity contribution is 0.583. The van der Waals surface area contributed by atoms with E-state index in [1.165, 1.54) is 0 Å². The molecular weight excluding hydrogens is 427 g/mol. The van der Waals surface area contributed by atoms with Crippen molar-refractivity contribution in [3.63, 3.8) is 0 Å². The Hall–Kier alpha value is -1.77. The van der Waals surface area contributed by atoms with Crippen molar-refractivity contribution in [3.05, 3.63) is 48.8 Å². The third kappa shape index (κ3) is 9.33. The molecule has 1 heterocycles. The highest BCUT2D eigenvalue weighted by Crippen LogP contribution is 2.04. The van der Waals surface area contributed by atoms with Gasteiger partial charge in [-0.2, -0.15) is 5.10 Å². The first-order valence-corrected chi connectivity index (χ1v) is 8.67. The molecule has 0 unspecified atom stereocenters. The van der Waals surface area contributed by atoms with E-state index in [9.17, 15) is 0 Å². The van der Waals surface area contributed by atoms with Crippen LogP contribution in [0.2, 0.25) is 0 Å². The number of hydrogen-bond donors (Lipinski definition) is 3. The fraction of sp³-hybridized carbons (Fsp3) is 0.444. The molecule has 0 radical (unpaired) electrons. The maximum absolute atomic E-state index is 4.60. The zero-order valence-electron chi connectivity index (χ0n) is 14.8. The smallest absolute Gasteiger partial charge is 0.191 e. The summed E-state index contributed by atoms with van der Waals surface area (Å²) in [6, 6.07) is 12.2. The Kier molecular flexibility index (Phi) is 11.5. The van der Waals surface area contributed by atoms with Gasteiger partial charge < -0.3 is 16.0 Å². The summed E-state index contributed by atoms with van der Waals surface area (Å²) < 4.78 is 1.94. The second-order valence-electron chi connectivity index (χ2n) is 5.46. The number of aliphatic imine (C=N–C) groups is 1. The molecule has 2 aromatic rings. The predicted molar refractivity (Wildman–Crippen MR) is 116 cm³/mol. The third-order valence-corrected chi connectivity index (χ3v) is 3.47. The van der Waals surface area contributed by atoms with Gasteiger partial charge >= 0.3 is 0 Å². The van der Waals surface area contributed by atoms with Crippen LogP contribution in [0.5, 0.6) is 0 Å². The number of benzene rings is 1. The Morgan fingerprint density at radius 1 is 1.08 bits per heavy atom. The summed E-state index contributed by atoms with van der Waals surface area (Å²) in [6.07, 6.45) is 5.80. The molecule has 6 nitrogen and oxygen atoms in total. The Labute approximate surface area is 167 Å². The second kappa shape index (κ2) is 13.5. The first kappa shape index (κ1) is 21.3. The van der Waals surface area contributed by atoms with Gasteiger partial charge in [-0.1, -0.05) is 18.2 Å². The lowest BCUT2D eigenvalue weighted by atomic mass is 10.3. The van der Waals surface area contributed by atoms with Crippen molar-refractivity contribution in [2.75, 3.05) is 31.5 Å². The van der Waals surface area contributed by atoms with E-state index in [1.54, 1.807) is 6.20 Å². The average Bonchev–Trinajstić information content (AvgIpc) is 3.12. The number of nitrogens with one attached hydrogen (secondary N) is 3. The minimum absolute atomic E-state index is 0. The summed E-state index contributed by atoms with van der Waals surface area (Å²) in [7, 11) is 0. The molecule has 138 valence electrons. The van der Waals surface area contributed by atoms with E-state index >= 15 is 0 Å². The van der Waals surface area contributed by atoms with Crippen LogP contribution in [0.1, 0.15) is 19.8 Å². The summed E-state index contributed by atoms with van der Waals surface area (Å²) in [4.78, 5) is 4.60. The summed E-state index contributed by atoms with van der Waals surface area (Å²) in [5, 5.41) is 14.3. The SMILES string of the molecule is CCNC(=NCCCn1cccn1)NCCCNc1ccccc1.I. The molecule has 0 atom stereocenters. The Balaban J connectivity index is 0.00000312. The zero-order chi connectivity index (χ0) is 16.9. The highest BCUT2D eigenvalue weighted by atomic mass is 127. The maximum atomic E-state index is 4.60. The van der Waals surface area contributed by atoms with Crippen LogP contribution in [0.4, 0.5) is 5.69 Å².